The quantitative estimate of drug-likeness (QED) is 0.727. The van der Waals surface area contributed by atoms with Crippen molar-refractivity contribution in [3.63, 3.8) is 0 Å². The van der Waals surface area contributed by atoms with Gasteiger partial charge in [-0.25, -0.2) is 9.97 Å². The van der Waals surface area contributed by atoms with Gasteiger partial charge in [-0.2, -0.15) is 0 Å². The molecule has 0 bridgehead atoms. The zero-order valence-electron chi connectivity index (χ0n) is 8.45. The Kier molecular flexibility index (Phi) is 2.11. The van der Waals surface area contributed by atoms with Crippen LogP contribution in [0.3, 0.4) is 0 Å². The van der Waals surface area contributed by atoms with E-state index in [4.69, 9.17) is 4.74 Å². The SMILES string of the molecule is C1=Nc2ccccc2OC1c1ncccn1. The molecule has 16 heavy (non-hydrogen) atoms. The summed E-state index contributed by atoms with van der Waals surface area (Å²) in [4.78, 5) is 12.6. The van der Waals surface area contributed by atoms with Gasteiger partial charge in [-0.05, 0) is 18.2 Å². The number of aliphatic imine (C=N–C) groups is 1. The van der Waals surface area contributed by atoms with Crippen molar-refractivity contribution < 1.29 is 4.74 Å². The van der Waals surface area contributed by atoms with E-state index in [0.29, 0.717) is 5.82 Å². The van der Waals surface area contributed by atoms with Crippen LogP contribution in [0.2, 0.25) is 0 Å². The molecule has 0 spiro atoms. The molecule has 2 aromatic rings. The first kappa shape index (κ1) is 9.03. The minimum atomic E-state index is -0.295. The van der Waals surface area contributed by atoms with Gasteiger partial charge in [0.1, 0.15) is 11.4 Å². The summed E-state index contributed by atoms with van der Waals surface area (Å²) in [5.41, 5.74) is 0.842. The molecule has 2 heterocycles. The molecule has 4 heteroatoms. The minimum absolute atomic E-state index is 0.295. The molecule has 1 unspecified atom stereocenters. The second-order valence-corrected chi connectivity index (χ2v) is 3.39. The smallest absolute Gasteiger partial charge is 0.193 e. The molecular formula is C12H9N3O. The lowest BCUT2D eigenvalue weighted by Crippen LogP contribution is -2.14. The molecule has 0 saturated heterocycles. The van der Waals surface area contributed by atoms with Crippen LogP contribution < -0.4 is 4.74 Å². The van der Waals surface area contributed by atoms with Gasteiger partial charge in [-0.15, -0.1) is 0 Å². The number of fused-ring (bicyclic) bond motifs is 1. The molecule has 0 saturated carbocycles. The number of nitrogens with zero attached hydrogens (tertiary/aromatic N) is 3. The summed E-state index contributed by atoms with van der Waals surface area (Å²) in [6, 6.07) is 9.43. The van der Waals surface area contributed by atoms with Crippen molar-refractivity contribution in [1.29, 1.82) is 0 Å². The monoisotopic (exact) mass is 211 g/mol. The van der Waals surface area contributed by atoms with Crippen molar-refractivity contribution in [3.8, 4) is 5.75 Å². The van der Waals surface area contributed by atoms with Crippen molar-refractivity contribution in [2.24, 2.45) is 4.99 Å². The van der Waals surface area contributed by atoms with E-state index in [1.165, 1.54) is 0 Å². The van der Waals surface area contributed by atoms with Gasteiger partial charge in [0.15, 0.2) is 11.9 Å². The van der Waals surface area contributed by atoms with Gasteiger partial charge in [0, 0.05) is 12.4 Å². The predicted molar refractivity (Wildman–Crippen MR) is 60.0 cm³/mol. The van der Waals surface area contributed by atoms with E-state index in [1.807, 2.05) is 24.3 Å². The lowest BCUT2D eigenvalue weighted by Gasteiger charge is -2.18. The number of para-hydroxylation sites is 2. The fourth-order valence-electron chi connectivity index (χ4n) is 1.56. The topological polar surface area (TPSA) is 47.4 Å². The van der Waals surface area contributed by atoms with Gasteiger partial charge in [0.25, 0.3) is 0 Å². The largest absolute Gasteiger partial charge is 0.474 e. The van der Waals surface area contributed by atoms with Crippen LogP contribution in [0.5, 0.6) is 5.75 Å². The van der Waals surface area contributed by atoms with E-state index in [-0.39, 0.29) is 6.10 Å². The lowest BCUT2D eigenvalue weighted by atomic mass is 10.2. The van der Waals surface area contributed by atoms with Crippen LogP contribution in [-0.4, -0.2) is 16.2 Å². The van der Waals surface area contributed by atoms with Crippen LogP contribution in [-0.2, 0) is 0 Å². The fourth-order valence-corrected chi connectivity index (χ4v) is 1.56. The first-order valence-corrected chi connectivity index (χ1v) is 5.00. The van der Waals surface area contributed by atoms with Gasteiger partial charge in [0.05, 0.1) is 6.21 Å². The third-order valence-corrected chi connectivity index (χ3v) is 2.31. The van der Waals surface area contributed by atoms with Crippen LogP contribution in [0, 0.1) is 0 Å². The maximum Gasteiger partial charge on any atom is 0.193 e. The summed E-state index contributed by atoms with van der Waals surface area (Å²) in [6.45, 7) is 0. The number of rotatable bonds is 1. The van der Waals surface area contributed by atoms with Crippen molar-refractivity contribution in [3.05, 3.63) is 48.5 Å². The summed E-state index contributed by atoms with van der Waals surface area (Å²) < 4.78 is 5.74. The molecule has 1 atom stereocenters. The Labute approximate surface area is 92.7 Å². The Bertz CT molecular complexity index is 525. The summed E-state index contributed by atoms with van der Waals surface area (Å²) in [7, 11) is 0. The Hall–Kier alpha value is -2.23. The Balaban J connectivity index is 1.95. The molecule has 0 N–H and O–H groups in total. The molecule has 1 aromatic carbocycles. The highest BCUT2D eigenvalue weighted by atomic mass is 16.5. The molecule has 4 nitrogen and oxygen atoms in total. The van der Waals surface area contributed by atoms with Crippen LogP contribution in [0.4, 0.5) is 5.69 Å². The highest BCUT2D eigenvalue weighted by Crippen LogP contribution is 2.33. The maximum atomic E-state index is 5.74. The van der Waals surface area contributed by atoms with Crippen LogP contribution in [0.1, 0.15) is 11.9 Å². The molecule has 0 aliphatic carbocycles. The highest BCUT2D eigenvalue weighted by molar-refractivity contribution is 5.74. The minimum Gasteiger partial charge on any atom is -0.474 e. The average Bonchev–Trinajstić information content (AvgIpc) is 2.39. The van der Waals surface area contributed by atoms with Crippen molar-refractivity contribution in [1.82, 2.24) is 9.97 Å². The normalized spacial score (nSPS) is 17.6. The Morgan fingerprint density at radius 2 is 1.81 bits per heavy atom. The summed E-state index contributed by atoms with van der Waals surface area (Å²) in [6.07, 6.45) is 4.81. The van der Waals surface area contributed by atoms with Crippen molar-refractivity contribution in [2.75, 3.05) is 0 Å². The third-order valence-electron chi connectivity index (χ3n) is 2.31. The van der Waals surface area contributed by atoms with E-state index in [2.05, 4.69) is 15.0 Å². The second kappa shape index (κ2) is 3.73. The number of hydrogen-bond donors (Lipinski definition) is 0. The van der Waals surface area contributed by atoms with Gasteiger partial charge >= 0.3 is 0 Å². The number of aromatic nitrogens is 2. The molecule has 1 aliphatic heterocycles. The molecule has 1 aliphatic rings. The zero-order valence-corrected chi connectivity index (χ0v) is 8.45. The summed E-state index contributed by atoms with van der Waals surface area (Å²) >= 11 is 0. The van der Waals surface area contributed by atoms with Crippen molar-refractivity contribution in [2.45, 2.75) is 6.10 Å². The number of hydrogen-bond acceptors (Lipinski definition) is 4. The van der Waals surface area contributed by atoms with Crippen molar-refractivity contribution >= 4 is 11.9 Å². The van der Waals surface area contributed by atoms with Crippen LogP contribution >= 0.6 is 0 Å². The highest BCUT2D eigenvalue weighted by Gasteiger charge is 2.19. The molecule has 0 fully saturated rings. The molecule has 1 aromatic heterocycles. The zero-order chi connectivity index (χ0) is 10.8. The van der Waals surface area contributed by atoms with E-state index in [1.54, 1.807) is 24.7 Å². The molecule has 3 rings (SSSR count). The predicted octanol–water partition coefficient (Wildman–Crippen LogP) is 2.31. The summed E-state index contributed by atoms with van der Waals surface area (Å²) in [5, 5.41) is 0. The fraction of sp³-hybridized carbons (Fsp3) is 0.0833. The Morgan fingerprint density at radius 1 is 1.00 bits per heavy atom. The van der Waals surface area contributed by atoms with Gasteiger partial charge in [-0.1, -0.05) is 12.1 Å². The average molecular weight is 211 g/mol. The lowest BCUT2D eigenvalue weighted by molar-refractivity contribution is 0.264. The molecule has 0 radical (unpaired) electrons. The van der Waals surface area contributed by atoms with Crippen LogP contribution in [0.15, 0.2) is 47.7 Å². The van der Waals surface area contributed by atoms with Crippen LogP contribution in [0.25, 0.3) is 0 Å². The number of benzene rings is 1. The summed E-state index contributed by atoms with van der Waals surface area (Å²) in [5.74, 6) is 1.39. The molecule has 0 amide bonds. The standard InChI is InChI=1S/C12H9N3O/c1-2-5-10-9(4-1)15-8-11(16-10)12-13-6-3-7-14-12/h1-8,11H. The van der Waals surface area contributed by atoms with Gasteiger partial charge in [0.2, 0.25) is 0 Å². The van der Waals surface area contributed by atoms with E-state index in [9.17, 15) is 0 Å². The first-order chi connectivity index (χ1) is 7.93. The molecule has 78 valence electrons. The second-order valence-electron chi connectivity index (χ2n) is 3.39. The molecular weight excluding hydrogens is 202 g/mol. The van der Waals surface area contributed by atoms with Gasteiger partial charge < -0.3 is 4.74 Å². The number of ether oxygens (including phenoxy) is 1. The van der Waals surface area contributed by atoms with E-state index >= 15 is 0 Å². The maximum absolute atomic E-state index is 5.74. The van der Waals surface area contributed by atoms with E-state index in [0.717, 1.165) is 11.4 Å². The first-order valence-electron chi connectivity index (χ1n) is 5.00. The Morgan fingerprint density at radius 3 is 2.69 bits per heavy atom. The third kappa shape index (κ3) is 1.54. The van der Waals surface area contributed by atoms with E-state index < -0.39 is 0 Å². The van der Waals surface area contributed by atoms with Gasteiger partial charge in [-0.3, -0.25) is 4.99 Å².